The number of hydrogen-bond acceptors (Lipinski definition) is 7. The molecular formula is C36H31N3O5S. The van der Waals surface area contributed by atoms with E-state index in [1.54, 1.807) is 24.5 Å². The van der Waals surface area contributed by atoms with Gasteiger partial charge in [0.05, 0.1) is 28.5 Å². The third kappa shape index (κ3) is 4.99. The number of nitrogens with zero attached hydrogens (tertiary/aromatic N) is 3. The highest BCUT2D eigenvalue weighted by Gasteiger charge is 2.34. The van der Waals surface area contributed by atoms with E-state index in [9.17, 15) is 9.59 Å². The molecule has 0 radical (unpaired) electrons. The Bertz CT molecular complexity index is 2170. The molecule has 3 aromatic carbocycles. The predicted octanol–water partition coefficient (Wildman–Crippen LogP) is 5.60. The van der Waals surface area contributed by atoms with E-state index in [4.69, 9.17) is 19.2 Å². The Balaban J connectivity index is 1.32. The Morgan fingerprint density at radius 1 is 0.978 bits per heavy atom. The SMILES string of the molecule is CCOC(=O)C1=C(C)N=c2sc(=Cc3cc(C)n(-c4ccc(-c5ccccc5)cc4)c3C)c(=O)n2[C@@H]1c1ccc2c(c1)OCO2. The number of thiazole rings is 1. The molecule has 226 valence electrons. The maximum absolute atomic E-state index is 14.2. The van der Waals surface area contributed by atoms with Crippen molar-refractivity contribution >= 4 is 23.4 Å². The van der Waals surface area contributed by atoms with Crippen LogP contribution in [-0.2, 0) is 9.53 Å². The van der Waals surface area contributed by atoms with Crippen LogP contribution in [0.2, 0.25) is 0 Å². The van der Waals surface area contributed by atoms with Crippen LogP contribution in [-0.4, -0.2) is 28.5 Å². The van der Waals surface area contributed by atoms with E-state index >= 15 is 0 Å². The standard InChI is InChI=1S/C36H31N3O5S/c1-5-42-35(41)32-22(3)37-36-39(33(32)26-13-16-29-30(18-26)44-20-43-29)34(40)31(45-36)19-27-17-21(2)38(23(27)4)28-14-11-25(12-15-28)24-9-7-6-8-10-24/h6-19,33H,5,20H2,1-4H3/t33-/m1/s1. The van der Waals surface area contributed by atoms with Gasteiger partial charge in [-0.2, -0.15) is 0 Å². The normalized spacial score (nSPS) is 15.6. The maximum Gasteiger partial charge on any atom is 0.338 e. The lowest BCUT2D eigenvalue weighted by Gasteiger charge is -2.24. The summed E-state index contributed by atoms with van der Waals surface area (Å²) in [5, 5.41) is 0. The second-order valence-corrected chi connectivity index (χ2v) is 12.0. The summed E-state index contributed by atoms with van der Waals surface area (Å²) in [7, 11) is 0. The van der Waals surface area contributed by atoms with Crippen LogP contribution in [0.5, 0.6) is 11.5 Å². The molecule has 1 atom stereocenters. The van der Waals surface area contributed by atoms with Crippen LogP contribution >= 0.6 is 11.3 Å². The molecule has 45 heavy (non-hydrogen) atoms. The highest BCUT2D eigenvalue weighted by molar-refractivity contribution is 7.07. The van der Waals surface area contributed by atoms with Gasteiger partial charge in [0.2, 0.25) is 6.79 Å². The Hall–Kier alpha value is -5.15. The van der Waals surface area contributed by atoms with Gasteiger partial charge in [-0.05, 0) is 86.4 Å². The number of ether oxygens (including phenoxy) is 3. The summed E-state index contributed by atoms with van der Waals surface area (Å²) in [5.41, 5.74) is 7.69. The molecule has 0 N–H and O–H groups in total. The minimum atomic E-state index is -0.729. The van der Waals surface area contributed by atoms with Crippen molar-refractivity contribution in [2.45, 2.75) is 33.7 Å². The van der Waals surface area contributed by atoms with Gasteiger partial charge >= 0.3 is 5.97 Å². The molecule has 0 aliphatic carbocycles. The summed E-state index contributed by atoms with van der Waals surface area (Å²) in [6.07, 6.45) is 1.92. The van der Waals surface area contributed by atoms with Crippen molar-refractivity contribution in [3.8, 4) is 28.3 Å². The van der Waals surface area contributed by atoms with E-state index in [0.717, 1.165) is 28.2 Å². The smallest absolute Gasteiger partial charge is 0.338 e. The quantitative estimate of drug-likeness (QED) is 0.232. The van der Waals surface area contributed by atoms with Crippen molar-refractivity contribution in [1.29, 1.82) is 0 Å². The van der Waals surface area contributed by atoms with Crippen LogP contribution in [0.1, 0.15) is 42.4 Å². The zero-order valence-corrected chi connectivity index (χ0v) is 26.2. The van der Waals surface area contributed by atoms with Gasteiger partial charge in [-0.1, -0.05) is 59.9 Å². The number of allylic oxidation sites excluding steroid dienone is 1. The summed E-state index contributed by atoms with van der Waals surface area (Å²) in [5.74, 6) is 0.684. The Labute approximate surface area is 263 Å². The molecule has 2 aliphatic rings. The van der Waals surface area contributed by atoms with Gasteiger partial charge in [0.15, 0.2) is 16.3 Å². The number of esters is 1. The maximum atomic E-state index is 14.2. The Morgan fingerprint density at radius 3 is 2.47 bits per heavy atom. The summed E-state index contributed by atoms with van der Waals surface area (Å²) in [6, 6.07) is 25.6. The topological polar surface area (TPSA) is 84.1 Å². The summed E-state index contributed by atoms with van der Waals surface area (Å²) in [4.78, 5) is 32.6. The zero-order chi connectivity index (χ0) is 31.2. The minimum absolute atomic E-state index is 0.122. The molecule has 2 aliphatic heterocycles. The average molecular weight is 618 g/mol. The lowest BCUT2D eigenvalue weighted by molar-refractivity contribution is -0.139. The number of rotatable bonds is 6. The van der Waals surface area contributed by atoms with Crippen molar-refractivity contribution < 1.29 is 19.0 Å². The fourth-order valence-electron chi connectivity index (χ4n) is 6.10. The monoisotopic (exact) mass is 617 g/mol. The lowest BCUT2D eigenvalue weighted by Crippen LogP contribution is -2.39. The molecule has 8 nitrogen and oxygen atoms in total. The molecule has 0 bridgehead atoms. The molecular weight excluding hydrogens is 586 g/mol. The highest BCUT2D eigenvalue weighted by atomic mass is 32.1. The van der Waals surface area contributed by atoms with Crippen molar-refractivity contribution in [2.75, 3.05) is 13.4 Å². The van der Waals surface area contributed by atoms with E-state index in [1.165, 1.54) is 16.9 Å². The zero-order valence-electron chi connectivity index (χ0n) is 25.4. The average Bonchev–Trinajstić information content (AvgIpc) is 3.72. The molecule has 0 amide bonds. The van der Waals surface area contributed by atoms with Gasteiger partial charge in [0, 0.05) is 17.1 Å². The van der Waals surface area contributed by atoms with Crippen LogP contribution in [0.25, 0.3) is 22.9 Å². The summed E-state index contributed by atoms with van der Waals surface area (Å²) < 4.78 is 20.9. The number of carbonyl (C=O) groups excluding carboxylic acids is 1. The fourth-order valence-corrected chi connectivity index (χ4v) is 7.13. The second-order valence-electron chi connectivity index (χ2n) is 11.0. The number of carbonyl (C=O) groups is 1. The first-order chi connectivity index (χ1) is 21.8. The van der Waals surface area contributed by atoms with Gasteiger partial charge in [0.1, 0.15) is 0 Å². The number of aryl methyl sites for hydroxylation is 1. The first-order valence-electron chi connectivity index (χ1n) is 14.8. The first-order valence-corrected chi connectivity index (χ1v) is 15.6. The van der Waals surface area contributed by atoms with E-state index in [0.29, 0.717) is 37.7 Å². The molecule has 0 saturated carbocycles. The van der Waals surface area contributed by atoms with E-state index in [1.807, 2.05) is 36.4 Å². The van der Waals surface area contributed by atoms with Gasteiger partial charge in [0.25, 0.3) is 5.56 Å². The van der Waals surface area contributed by atoms with Crippen LogP contribution in [0, 0.1) is 13.8 Å². The summed E-state index contributed by atoms with van der Waals surface area (Å²) in [6.45, 7) is 7.98. The van der Waals surface area contributed by atoms with Crippen molar-refractivity contribution in [3.05, 3.63) is 132 Å². The van der Waals surface area contributed by atoms with Crippen LogP contribution in [0.4, 0.5) is 0 Å². The van der Waals surface area contributed by atoms with Crippen LogP contribution < -0.4 is 24.4 Å². The molecule has 5 aromatic rings. The predicted molar refractivity (Wildman–Crippen MR) is 174 cm³/mol. The van der Waals surface area contributed by atoms with E-state index < -0.39 is 12.0 Å². The van der Waals surface area contributed by atoms with Gasteiger partial charge in [-0.3, -0.25) is 9.36 Å². The number of hydrogen-bond donors (Lipinski definition) is 0. The van der Waals surface area contributed by atoms with Crippen molar-refractivity contribution in [3.63, 3.8) is 0 Å². The highest BCUT2D eigenvalue weighted by Crippen LogP contribution is 2.38. The molecule has 0 spiro atoms. The fraction of sp³-hybridized carbons (Fsp3) is 0.194. The largest absolute Gasteiger partial charge is 0.463 e. The molecule has 0 fully saturated rings. The second kappa shape index (κ2) is 11.4. The molecule has 4 heterocycles. The molecule has 9 heteroatoms. The number of fused-ring (bicyclic) bond motifs is 2. The third-order valence-corrected chi connectivity index (χ3v) is 9.20. The van der Waals surface area contributed by atoms with Crippen LogP contribution in [0.15, 0.2) is 99.9 Å². The number of aromatic nitrogens is 2. The van der Waals surface area contributed by atoms with Crippen molar-refractivity contribution in [2.24, 2.45) is 4.99 Å². The molecule has 7 rings (SSSR count). The Kier molecular flexibility index (Phi) is 7.25. The van der Waals surface area contributed by atoms with Crippen molar-refractivity contribution in [1.82, 2.24) is 9.13 Å². The molecule has 0 saturated heterocycles. The Morgan fingerprint density at radius 2 is 1.71 bits per heavy atom. The minimum Gasteiger partial charge on any atom is -0.463 e. The van der Waals surface area contributed by atoms with Gasteiger partial charge in [-0.15, -0.1) is 0 Å². The van der Waals surface area contributed by atoms with Gasteiger partial charge in [-0.25, -0.2) is 9.79 Å². The third-order valence-electron chi connectivity index (χ3n) is 8.22. The van der Waals surface area contributed by atoms with Crippen LogP contribution in [0.3, 0.4) is 0 Å². The molecule has 0 unspecified atom stereocenters. The first kappa shape index (κ1) is 28.6. The van der Waals surface area contributed by atoms with Gasteiger partial charge < -0.3 is 18.8 Å². The summed E-state index contributed by atoms with van der Waals surface area (Å²) >= 11 is 1.31. The lowest BCUT2D eigenvalue weighted by atomic mass is 9.95. The van der Waals surface area contributed by atoms with E-state index in [2.05, 4.69) is 60.9 Å². The van der Waals surface area contributed by atoms with E-state index in [-0.39, 0.29) is 19.0 Å². The molecule has 2 aromatic heterocycles. The number of benzene rings is 3.